The first-order valence-electron chi connectivity index (χ1n) is 30.0. The Morgan fingerprint density at radius 2 is 0.776 bits per heavy atom. The Bertz CT molecular complexity index is 4620. The molecule has 37 heteroatoms. The fraction of sp³-hybridized carbons (Fsp3) is 0.393. The number of carboxylic acid groups (broad SMARTS) is 1. The van der Waals surface area contributed by atoms with Gasteiger partial charge in [-0.3, -0.25) is 105 Å². The number of carbonyl (C=O) groups excluding carboxylic acids is 4. The van der Waals surface area contributed by atoms with Gasteiger partial charge in [0, 0.05) is 168 Å². The molecule has 6 heterocycles. The van der Waals surface area contributed by atoms with Crippen LogP contribution < -0.4 is 77.5 Å². The molecule has 0 spiro atoms. The van der Waals surface area contributed by atoms with E-state index >= 15 is 0 Å². The number of carbonyl (C=O) groups is 5. The van der Waals surface area contributed by atoms with E-state index in [2.05, 4.69) is 47.8 Å². The summed E-state index contributed by atoms with van der Waals surface area (Å²) in [5.74, 6) is -2.71. The van der Waals surface area contributed by atoms with Crippen molar-refractivity contribution in [2.24, 2.45) is 0 Å². The number of aliphatic carboxylic acids is 1. The van der Waals surface area contributed by atoms with E-state index in [0.29, 0.717) is 28.0 Å². The third kappa shape index (κ3) is 22.6. The number of methoxy groups -OCH3 is 1. The molecule has 0 aliphatic heterocycles. The van der Waals surface area contributed by atoms with Crippen molar-refractivity contribution in [2.45, 2.75) is 106 Å². The van der Waals surface area contributed by atoms with Crippen LogP contribution in [-0.4, -0.2) is 176 Å². The Morgan fingerprint density at radius 1 is 0.490 bits per heavy atom. The molecule has 36 nitrogen and oxygen atoms in total. The summed E-state index contributed by atoms with van der Waals surface area (Å²) >= 11 is 4.13. The Labute approximate surface area is 558 Å². The molecule has 0 radical (unpaired) electrons. The predicted molar refractivity (Wildman–Crippen MR) is 358 cm³/mol. The van der Waals surface area contributed by atoms with Crippen molar-refractivity contribution in [3.05, 3.63) is 231 Å². The smallest absolute Gasteiger partial charge is 0.333 e. The second-order valence-corrected chi connectivity index (χ2v) is 22.6. The number of ether oxygens (including phenoxy) is 1. The lowest BCUT2D eigenvalue weighted by Gasteiger charge is -2.27. The zero-order valence-corrected chi connectivity index (χ0v) is 55.6. The average Bonchev–Trinajstić information content (AvgIpc) is 0.895. The van der Waals surface area contributed by atoms with E-state index < -0.39 is 110 Å². The maximum absolute atomic E-state index is 13.0. The Hall–Kier alpha value is -11.5. The van der Waals surface area contributed by atoms with E-state index in [1.165, 1.54) is 106 Å². The van der Waals surface area contributed by atoms with Crippen LogP contribution in [-0.2, 0) is 63.2 Å². The molecule has 98 heavy (non-hydrogen) atoms. The minimum atomic E-state index is -1.91. The number of aliphatic hydroxyl groups excluding tert-OH is 1. The van der Waals surface area contributed by atoms with Gasteiger partial charge in [-0.15, -0.1) is 0 Å². The molecule has 0 saturated heterocycles. The number of aryl methyl sites for hydroxylation is 6. The topological polar surface area (TPSA) is 486 Å². The number of amides is 4. The third-order valence-electron chi connectivity index (χ3n) is 14.8. The number of H-pyrrole nitrogens is 6. The number of benzene rings is 1. The van der Waals surface area contributed by atoms with Gasteiger partial charge in [-0.1, -0.05) is 12.1 Å². The quantitative estimate of drug-likeness (QED) is 0.0172. The van der Waals surface area contributed by atoms with Crippen LogP contribution in [0.1, 0.15) is 52.3 Å². The van der Waals surface area contributed by atoms with Gasteiger partial charge in [0.15, 0.2) is 6.10 Å². The van der Waals surface area contributed by atoms with Gasteiger partial charge in [-0.25, -0.2) is 33.6 Å². The highest BCUT2D eigenvalue weighted by Crippen LogP contribution is 2.13. The van der Waals surface area contributed by atoms with Gasteiger partial charge in [0.2, 0.25) is 23.6 Å². The first-order chi connectivity index (χ1) is 46.2. The molecule has 526 valence electrons. The van der Waals surface area contributed by atoms with Crippen LogP contribution in [0.3, 0.4) is 0 Å². The van der Waals surface area contributed by atoms with Crippen LogP contribution in [0.25, 0.3) is 6.08 Å². The van der Waals surface area contributed by atoms with Crippen LogP contribution in [0.4, 0.5) is 0 Å². The highest BCUT2D eigenvalue weighted by molar-refractivity contribution is 7.80. The Morgan fingerprint density at radius 3 is 1.04 bits per heavy atom. The van der Waals surface area contributed by atoms with Crippen LogP contribution in [0.2, 0.25) is 0 Å². The Kier molecular flexibility index (Phi) is 28.2. The number of aromatic amines is 6. The summed E-state index contributed by atoms with van der Waals surface area (Å²) in [6.45, 7) is 11.2. The molecular formula is C61H76N16O20S. The van der Waals surface area contributed by atoms with Crippen LogP contribution in [0.5, 0.6) is 5.75 Å². The van der Waals surface area contributed by atoms with E-state index in [-0.39, 0.29) is 101 Å². The lowest BCUT2D eigenvalue weighted by molar-refractivity contribution is -0.151. The largest absolute Gasteiger partial charge is 0.497 e. The summed E-state index contributed by atoms with van der Waals surface area (Å²) in [7, 11) is 1.57. The second kappa shape index (κ2) is 35.8. The van der Waals surface area contributed by atoms with Crippen LogP contribution in [0.15, 0.2) is 125 Å². The summed E-state index contributed by atoms with van der Waals surface area (Å²) < 4.78 is 12.7. The molecule has 0 aliphatic rings. The summed E-state index contributed by atoms with van der Waals surface area (Å²) in [6.07, 6.45) is 8.76. The van der Waals surface area contributed by atoms with Gasteiger partial charge in [-0.2, -0.15) is 12.6 Å². The molecule has 1 aromatic carbocycles. The van der Waals surface area contributed by atoms with E-state index in [4.69, 9.17) is 9.84 Å². The predicted octanol–water partition coefficient (Wildman–Crippen LogP) is -4.41. The fourth-order valence-corrected chi connectivity index (χ4v) is 9.37. The van der Waals surface area contributed by atoms with Gasteiger partial charge in [-0.05, 0) is 65.3 Å². The molecule has 2 atom stereocenters. The van der Waals surface area contributed by atoms with Crippen molar-refractivity contribution in [3.63, 3.8) is 0 Å². The van der Waals surface area contributed by atoms with Crippen molar-refractivity contribution in [3.8, 4) is 5.75 Å². The molecule has 6 aromatic heterocycles. The van der Waals surface area contributed by atoms with Crippen molar-refractivity contribution in [1.82, 2.24) is 77.3 Å². The maximum atomic E-state index is 13.0. The molecule has 0 bridgehead atoms. The van der Waals surface area contributed by atoms with E-state index in [1.54, 1.807) is 65.1 Å². The third-order valence-corrected chi connectivity index (χ3v) is 15.2. The first kappa shape index (κ1) is 77.2. The molecule has 4 amide bonds. The summed E-state index contributed by atoms with van der Waals surface area (Å²) in [5.41, 5.74) is -3.95. The zero-order chi connectivity index (χ0) is 72.8. The lowest BCUT2D eigenvalue weighted by Crippen LogP contribution is -2.51. The number of aromatic nitrogens is 12. The van der Waals surface area contributed by atoms with Gasteiger partial charge in [0.25, 0.3) is 33.4 Å². The van der Waals surface area contributed by atoms with Crippen molar-refractivity contribution < 1.29 is 38.9 Å². The zero-order valence-electron chi connectivity index (χ0n) is 54.7. The average molecular weight is 1390 g/mol. The van der Waals surface area contributed by atoms with Gasteiger partial charge < -0.3 is 35.0 Å². The molecule has 0 saturated carbocycles. The number of rotatable bonds is 27. The molecule has 0 fully saturated rings. The number of nitrogens with zero attached hydrogens (tertiary/aromatic N) is 9. The van der Waals surface area contributed by atoms with Crippen LogP contribution in [0, 0.1) is 41.5 Å². The van der Waals surface area contributed by atoms with E-state index in [0.717, 1.165) is 5.56 Å². The molecule has 2 unspecified atom stereocenters. The Balaban J connectivity index is 0.000000266. The van der Waals surface area contributed by atoms with Gasteiger partial charge >= 0.3 is 40.1 Å². The summed E-state index contributed by atoms with van der Waals surface area (Å²) in [6, 6.07) is 6.25. The first-order valence-corrected chi connectivity index (χ1v) is 30.6. The van der Waals surface area contributed by atoms with Crippen LogP contribution >= 0.6 is 12.6 Å². The minimum absolute atomic E-state index is 0.0229. The molecule has 7 aromatic rings. The molecule has 9 N–H and O–H groups in total. The van der Waals surface area contributed by atoms with E-state index in [9.17, 15) is 86.6 Å². The number of hydrogen-bond donors (Lipinski definition) is 10. The standard InChI is InChI=1S/C24H27N5O6.C19H26N6O6S.C18H23N5O8/c1-16-14-28(23(33)25-21(16)31)12-10-27(11-13-29-15-17(2)22(32)26-24(29)34)20(30)9-6-18-4-7-19(35-3)8-5-18;1-11-8-24(18(30)21-15(11)27)6-4-23(17(29)14(10-32)20-13(3)26)5-7-25-9-12(2)16(28)22-19(25)31;1-10-8-22(17(30)19-14(10)26)5-3-21(13(25)7-12(24)16(28)29)4-6-23-9-11(2)15(27)20-18(23)31/h4-9,14-15H,10-13H2,1-3H3,(H,25,31,33)(H,26,32,34);8-9,14,32H,4-7,10H2,1-3H3,(H,20,26)(H,21,27,30)(H,22,28,31);8-9,12,24H,3-7H2,1-2H3,(H,28,29)(H,19,26,30)(H,20,27,31)/b9-6+;;. The lowest BCUT2D eigenvalue weighted by atomic mass is 10.2. The van der Waals surface area contributed by atoms with Gasteiger partial charge in [0.05, 0.1) is 13.5 Å². The number of hydrogen-bond acceptors (Lipinski definition) is 20. The highest BCUT2D eigenvalue weighted by Gasteiger charge is 2.26. The van der Waals surface area contributed by atoms with Gasteiger partial charge in [0.1, 0.15) is 11.8 Å². The number of thiol groups is 1. The minimum Gasteiger partial charge on any atom is -0.497 e. The highest BCUT2D eigenvalue weighted by atomic mass is 32.1. The second-order valence-electron chi connectivity index (χ2n) is 22.2. The fourth-order valence-electron chi connectivity index (χ4n) is 9.12. The summed E-state index contributed by atoms with van der Waals surface area (Å²) in [5, 5.41) is 20.9. The number of nitrogens with one attached hydrogen (secondary N) is 7. The molecule has 0 aliphatic carbocycles. The monoisotopic (exact) mass is 1380 g/mol. The molecule has 7 rings (SSSR count). The SMILES string of the molecule is CC(=O)NC(CS)C(=O)N(CCn1cc(C)c(=O)[nH]c1=O)CCn1cc(C)c(=O)[nH]c1=O.COc1ccc(/C=C/C(=O)N(CCn2cc(C)c(=O)[nH]c2=O)CCn2cc(C)c(=O)[nH]c2=O)cc1.Cc1cn(CCN(CCn2cc(C)c(=O)[nH]c2=O)C(=O)CC(O)C(=O)O)c(=O)[nH]c1=O. The normalized spacial score (nSPS) is 11.5. The van der Waals surface area contributed by atoms with E-state index in [1.807, 2.05) is 0 Å². The number of aliphatic hydroxyl groups is 1. The van der Waals surface area contributed by atoms with Crippen molar-refractivity contribution >= 4 is 48.3 Å². The molecular weight excluding hydrogens is 1310 g/mol. The van der Waals surface area contributed by atoms with Crippen molar-refractivity contribution in [2.75, 3.05) is 52.1 Å². The summed E-state index contributed by atoms with van der Waals surface area (Å²) in [4.78, 5) is 220. The maximum Gasteiger partial charge on any atom is 0.333 e. The number of carboxylic acids is 1. The van der Waals surface area contributed by atoms with Crippen molar-refractivity contribution in [1.29, 1.82) is 0 Å².